The van der Waals surface area contributed by atoms with E-state index in [1.54, 1.807) is 0 Å². The van der Waals surface area contributed by atoms with Crippen molar-refractivity contribution in [3.05, 3.63) is 59.7 Å². The summed E-state index contributed by atoms with van der Waals surface area (Å²) in [6.07, 6.45) is -1.34. The number of nitrogens with one attached hydrogen (secondary N) is 2. The second-order valence-electron chi connectivity index (χ2n) is 8.97. The van der Waals surface area contributed by atoms with Crippen LogP contribution in [0.3, 0.4) is 0 Å². The predicted octanol–water partition coefficient (Wildman–Crippen LogP) is 2.27. The predicted molar refractivity (Wildman–Crippen MR) is 124 cm³/mol. The standard InChI is InChI=1S/C25H30N2O7/c1-24(32,12-21(28)29)14-26-22(30)25(2,15-33-3)27-23(31)34-13-20-18-10-6-4-8-16(18)17-9-5-7-11-19(17)20/h4-11,20,32H,12-15H2,1-3H3,(H,26,30)(H,27,31)(H,28,29). The topological polar surface area (TPSA) is 134 Å². The summed E-state index contributed by atoms with van der Waals surface area (Å²) < 4.78 is 10.6. The van der Waals surface area contributed by atoms with Gasteiger partial charge in [0.05, 0.1) is 18.6 Å². The van der Waals surface area contributed by atoms with Gasteiger partial charge in [-0.1, -0.05) is 48.5 Å². The molecule has 0 radical (unpaired) electrons. The van der Waals surface area contributed by atoms with Gasteiger partial charge in [-0.05, 0) is 36.1 Å². The molecule has 2 unspecified atom stereocenters. The van der Waals surface area contributed by atoms with E-state index in [9.17, 15) is 19.5 Å². The number of methoxy groups -OCH3 is 1. The number of aliphatic carboxylic acids is 1. The molecule has 3 rings (SSSR count). The van der Waals surface area contributed by atoms with Gasteiger partial charge < -0.3 is 30.3 Å². The third-order valence-corrected chi connectivity index (χ3v) is 5.82. The molecule has 0 bridgehead atoms. The van der Waals surface area contributed by atoms with E-state index in [0.29, 0.717) is 0 Å². The SMILES string of the molecule is COCC(C)(NC(=O)OCC1c2ccccc2-c2ccccc21)C(=O)NCC(C)(O)CC(=O)O. The van der Waals surface area contributed by atoms with Gasteiger partial charge in [0.15, 0.2) is 0 Å². The highest BCUT2D eigenvalue weighted by Crippen LogP contribution is 2.44. The van der Waals surface area contributed by atoms with Crippen LogP contribution in [0.4, 0.5) is 4.79 Å². The molecule has 2 aromatic carbocycles. The minimum absolute atomic E-state index is 0.0812. The summed E-state index contributed by atoms with van der Waals surface area (Å²) in [7, 11) is 1.38. The lowest BCUT2D eigenvalue weighted by Gasteiger charge is -2.30. The first kappa shape index (κ1) is 25.2. The van der Waals surface area contributed by atoms with Crippen molar-refractivity contribution < 1.29 is 34.1 Å². The number of ether oxygens (including phenoxy) is 2. The zero-order chi connectivity index (χ0) is 24.9. The molecule has 1 aliphatic carbocycles. The molecule has 9 heteroatoms. The van der Waals surface area contributed by atoms with E-state index < -0.39 is 35.5 Å². The molecule has 2 atom stereocenters. The minimum atomic E-state index is -1.65. The fourth-order valence-corrected chi connectivity index (χ4v) is 4.16. The molecular weight excluding hydrogens is 440 g/mol. The first-order valence-electron chi connectivity index (χ1n) is 10.9. The smallest absolute Gasteiger partial charge is 0.408 e. The lowest BCUT2D eigenvalue weighted by Crippen LogP contribution is -2.61. The first-order chi connectivity index (χ1) is 16.1. The molecule has 4 N–H and O–H groups in total. The van der Waals surface area contributed by atoms with Gasteiger partial charge in [-0.2, -0.15) is 0 Å². The quantitative estimate of drug-likeness (QED) is 0.418. The number of fused-ring (bicyclic) bond motifs is 3. The molecule has 2 aromatic rings. The number of aliphatic hydroxyl groups is 1. The van der Waals surface area contributed by atoms with Gasteiger partial charge >= 0.3 is 12.1 Å². The van der Waals surface area contributed by atoms with Gasteiger partial charge in [0, 0.05) is 19.6 Å². The molecule has 0 spiro atoms. The van der Waals surface area contributed by atoms with Crippen molar-refractivity contribution in [1.82, 2.24) is 10.6 Å². The molecule has 0 aromatic heterocycles. The number of carboxylic acid groups (broad SMARTS) is 1. The van der Waals surface area contributed by atoms with Crippen LogP contribution in [0.5, 0.6) is 0 Å². The molecule has 34 heavy (non-hydrogen) atoms. The number of carbonyl (C=O) groups excluding carboxylic acids is 2. The van der Waals surface area contributed by atoms with E-state index >= 15 is 0 Å². The van der Waals surface area contributed by atoms with Crippen molar-refractivity contribution in [2.45, 2.75) is 37.3 Å². The van der Waals surface area contributed by atoms with Crippen LogP contribution in [0.25, 0.3) is 11.1 Å². The van der Waals surface area contributed by atoms with E-state index in [-0.39, 0.29) is 25.7 Å². The second kappa shape index (κ2) is 10.2. The maximum atomic E-state index is 12.8. The van der Waals surface area contributed by atoms with Gasteiger partial charge in [0.25, 0.3) is 0 Å². The number of carboxylic acids is 1. The number of amides is 2. The summed E-state index contributed by atoms with van der Waals surface area (Å²) >= 11 is 0. The Bertz CT molecular complexity index is 1020. The van der Waals surface area contributed by atoms with E-state index in [1.807, 2.05) is 48.5 Å². The van der Waals surface area contributed by atoms with Crippen molar-refractivity contribution in [2.75, 3.05) is 26.9 Å². The van der Waals surface area contributed by atoms with Crippen molar-refractivity contribution >= 4 is 18.0 Å². The second-order valence-corrected chi connectivity index (χ2v) is 8.97. The van der Waals surface area contributed by atoms with Crippen LogP contribution < -0.4 is 10.6 Å². The molecule has 182 valence electrons. The largest absolute Gasteiger partial charge is 0.481 e. The first-order valence-corrected chi connectivity index (χ1v) is 10.9. The van der Waals surface area contributed by atoms with Gasteiger partial charge in [-0.15, -0.1) is 0 Å². The maximum Gasteiger partial charge on any atom is 0.408 e. The van der Waals surface area contributed by atoms with E-state index in [1.165, 1.54) is 21.0 Å². The van der Waals surface area contributed by atoms with Gasteiger partial charge in [0.2, 0.25) is 5.91 Å². The Morgan fingerprint density at radius 3 is 2.09 bits per heavy atom. The molecule has 9 nitrogen and oxygen atoms in total. The average Bonchev–Trinajstić information content (AvgIpc) is 3.09. The molecule has 0 saturated carbocycles. The van der Waals surface area contributed by atoms with Crippen LogP contribution in [-0.2, 0) is 19.1 Å². The molecule has 0 aliphatic heterocycles. The van der Waals surface area contributed by atoms with Crippen molar-refractivity contribution in [3.8, 4) is 11.1 Å². The molecule has 0 heterocycles. The van der Waals surface area contributed by atoms with Crippen LogP contribution in [0.1, 0.15) is 37.3 Å². The fourth-order valence-electron chi connectivity index (χ4n) is 4.16. The number of alkyl carbamates (subject to hydrolysis) is 1. The Hall–Kier alpha value is -3.43. The highest BCUT2D eigenvalue weighted by atomic mass is 16.5. The lowest BCUT2D eigenvalue weighted by atomic mass is 9.98. The normalized spacial score (nSPS) is 15.9. The van der Waals surface area contributed by atoms with Crippen LogP contribution in [0, 0.1) is 0 Å². The number of carbonyl (C=O) groups is 3. The number of hydrogen-bond donors (Lipinski definition) is 4. The Morgan fingerprint density at radius 1 is 1.00 bits per heavy atom. The zero-order valence-corrected chi connectivity index (χ0v) is 19.5. The van der Waals surface area contributed by atoms with Crippen molar-refractivity contribution in [3.63, 3.8) is 0 Å². The highest BCUT2D eigenvalue weighted by molar-refractivity contribution is 5.90. The van der Waals surface area contributed by atoms with E-state index in [2.05, 4.69) is 10.6 Å². The summed E-state index contributed by atoms with van der Waals surface area (Å²) in [4.78, 5) is 36.3. The summed E-state index contributed by atoms with van der Waals surface area (Å²) in [5.74, 6) is -1.98. The van der Waals surface area contributed by atoms with Crippen LogP contribution in [0.2, 0.25) is 0 Å². The molecule has 2 amide bonds. The maximum absolute atomic E-state index is 12.8. The molecule has 0 fully saturated rings. The lowest BCUT2D eigenvalue weighted by molar-refractivity contribution is -0.142. The molecule has 0 saturated heterocycles. The van der Waals surface area contributed by atoms with Crippen LogP contribution in [-0.4, -0.2) is 66.2 Å². The third-order valence-electron chi connectivity index (χ3n) is 5.82. The Balaban J connectivity index is 1.65. The summed E-state index contributed by atoms with van der Waals surface area (Å²) in [5.41, 5.74) is 1.17. The number of benzene rings is 2. The van der Waals surface area contributed by atoms with Gasteiger partial charge in [-0.25, -0.2) is 4.79 Å². The van der Waals surface area contributed by atoms with Crippen LogP contribution in [0.15, 0.2) is 48.5 Å². The zero-order valence-electron chi connectivity index (χ0n) is 19.5. The average molecular weight is 471 g/mol. The van der Waals surface area contributed by atoms with E-state index in [0.717, 1.165) is 22.3 Å². The summed E-state index contributed by atoms with van der Waals surface area (Å²) in [6.45, 7) is 2.36. The van der Waals surface area contributed by atoms with Crippen molar-refractivity contribution in [2.24, 2.45) is 0 Å². The Labute approximate surface area is 198 Å². The van der Waals surface area contributed by atoms with E-state index in [4.69, 9.17) is 14.6 Å². The Kier molecular flexibility index (Phi) is 7.58. The number of rotatable bonds is 10. The molecule has 1 aliphatic rings. The van der Waals surface area contributed by atoms with Gasteiger partial charge in [0.1, 0.15) is 12.1 Å². The summed E-state index contributed by atoms with van der Waals surface area (Å²) in [6, 6.07) is 15.9. The highest BCUT2D eigenvalue weighted by Gasteiger charge is 2.38. The van der Waals surface area contributed by atoms with Crippen molar-refractivity contribution in [1.29, 1.82) is 0 Å². The third kappa shape index (κ3) is 5.73. The Morgan fingerprint density at radius 2 is 1.56 bits per heavy atom. The monoisotopic (exact) mass is 470 g/mol. The minimum Gasteiger partial charge on any atom is -0.481 e. The van der Waals surface area contributed by atoms with Gasteiger partial charge in [-0.3, -0.25) is 9.59 Å². The fraction of sp³-hybridized carbons (Fsp3) is 0.400. The molecular formula is C25H30N2O7. The number of hydrogen-bond acceptors (Lipinski definition) is 6. The van der Waals surface area contributed by atoms with Crippen LogP contribution >= 0.6 is 0 Å². The summed E-state index contributed by atoms with van der Waals surface area (Å²) in [5, 5.41) is 24.0.